The Morgan fingerprint density at radius 3 is 2.80 bits per heavy atom. The standard InChI is InChI=1S/C25H31FN8O/c1-14(2)17-10-21(33-32-17)30-22-16-11-25(3,4)12-18(16)29-24(31-22)34-9-5-6-19(34)23(35)28-15-7-8-20(26)27-13-15/h7-8,10,13-14,19H,5-6,9,11-12H2,1-4H3,(H,28,35)(H2,29,30,31,32,33)/t19-/m0/s1. The fraction of sp³-hybridized carbons (Fsp3) is 0.480. The van der Waals surface area contributed by atoms with Crippen LogP contribution in [0, 0.1) is 11.4 Å². The Kier molecular flexibility index (Phi) is 5.90. The lowest BCUT2D eigenvalue weighted by atomic mass is 9.90. The quantitative estimate of drug-likeness (QED) is 0.452. The number of halogens is 1. The van der Waals surface area contributed by atoms with Crippen LogP contribution in [0.15, 0.2) is 24.4 Å². The van der Waals surface area contributed by atoms with E-state index in [-0.39, 0.29) is 11.3 Å². The molecular weight excluding hydrogens is 447 g/mol. The minimum absolute atomic E-state index is 0.0838. The first-order valence-electron chi connectivity index (χ1n) is 12.1. The van der Waals surface area contributed by atoms with Gasteiger partial charge in [0.05, 0.1) is 23.3 Å². The van der Waals surface area contributed by atoms with Gasteiger partial charge in [-0.15, -0.1) is 0 Å². The third-order valence-corrected chi connectivity index (χ3v) is 6.63. The van der Waals surface area contributed by atoms with E-state index in [1.54, 1.807) is 0 Å². The zero-order valence-electron chi connectivity index (χ0n) is 20.5. The van der Waals surface area contributed by atoms with E-state index in [4.69, 9.17) is 9.97 Å². The van der Waals surface area contributed by atoms with Crippen molar-refractivity contribution in [2.45, 2.75) is 65.3 Å². The first-order chi connectivity index (χ1) is 16.7. The number of aromatic nitrogens is 5. The number of amides is 1. The van der Waals surface area contributed by atoms with E-state index in [9.17, 15) is 9.18 Å². The zero-order valence-corrected chi connectivity index (χ0v) is 20.5. The van der Waals surface area contributed by atoms with Gasteiger partial charge in [-0.3, -0.25) is 9.89 Å². The molecule has 0 spiro atoms. The molecule has 0 aromatic carbocycles. The molecule has 0 radical (unpaired) electrons. The first-order valence-corrected chi connectivity index (χ1v) is 12.1. The minimum atomic E-state index is -0.585. The molecule has 1 amide bonds. The molecule has 10 heteroatoms. The van der Waals surface area contributed by atoms with Crippen LogP contribution in [0.4, 0.5) is 27.7 Å². The number of H-pyrrole nitrogens is 1. The Morgan fingerprint density at radius 2 is 2.09 bits per heavy atom. The van der Waals surface area contributed by atoms with E-state index in [2.05, 4.69) is 53.5 Å². The van der Waals surface area contributed by atoms with E-state index >= 15 is 0 Å². The normalized spacial score (nSPS) is 18.7. The van der Waals surface area contributed by atoms with Crippen molar-refractivity contribution in [2.24, 2.45) is 5.41 Å². The van der Waals surface area contributed by atoms with Crippen LogP contribution in [0.5, 0.6) is 0 Å². The van der Waals surface area contributed by atoms with Gasteiger partial charge in [0.2, 0.25) is 17.8 Å². The van der Waals surface area contributed by atoms with Gasteiger partial charge in [0.1, 0.15) is 17.7 Å². The Morgan fingerprint density at radius 1 is 1.26 bits per heavy atom. The number of pyridine rings is 1. The molecule has 184 valence electrons. The summed E-state index contributed by atoms with van der Waals surface area (Å²) >= 11 is 0. The summed E-state index contributed by atoms with van der Waals surface area (Å²) < 4.78 is 13.1. The fourth-order valence-electron chi connectivity index (χ4n) is 4.85. The molecule has 0 saturated carbocycles. The molecule has 5 rings (SSSR count). The van der Waals surface area contributed by atoms with Crippen LogP contribution in [-0.4, -0.2) is 43.6 Å². The van der Waals surface area contributed by atoms with Gasteiger partial charge in [0.15, 0.2) is 0 Å². The van der Waals surface area contributed by atoms with Crippen molar-refractivity contribution in [3.63, 3.8) is 0 Å². The highest BCUT2D eigenvalue weighted by Crippen LogP contribution is 2.40. The Balaban J connectivity index is 1.44. The van der Waals surface area contributed by atoms with Crippen molar-refractivity contribution in [2.75, 3.05) is 22.1 Å². The number of fused-ring (bicyclic) bond motifs is 1. The molecule has 3 aromatic rings. The van der Waals surface area contributed by atoms with Gasteiger partial charge in [-0.1, -0.05) is 27.7 Å². The zero-order chi connectivity index (χ0) is 24.7. The number of hydrogen-bond acceptors (Lipinski definition) is 7. The van der Waals surface area contributed by atoms with Crippen LogP contribution in [-0.2, 0) is 17.6 Å². The lowest BCUT2D eigenvalue weighted by Crippen LogP contribution is -2.40. The van der Waals surface area contributed by atoms with E-state index in [0.29, 0.717) is 30.5 Å². The van der Waals surface area contributed by atoms with E-state index < -0.39 is 12.0 Å². The molecule has 0 unspecified atom stereocenters. The summed E-state index contributed by atoms with van der Waals surface area (Å²) in [4.78, 5) is 28.5. The Bertz CT molecular complexity index is 1240. The number of carbonyl (C=O) groups excluding carboxylic acids is 1. The molecule has 1 saturated heterocycles. The van der Waals surface area contributed by atoms with E-state index in [0.717, 1.165) is 47.8 Å². The minimum Gasteiger partial charge on any atom is -0.329 e. The molecule has 2 aliphatic rings. The molecule has 1 fully saturated rings. The Hall–Kier alpha value is -3.56. The summed E-state index contributed by atoms with van der Waals surface area (Å²) in [6.07, 6.45) is 4.58. The lowest BCUT2D eigenvalue weighted by Gasteiger charge is -2.25. The molecule has 35 heavy (non-hydrogen) atoms. The van der Waals surface area contributed by atoms with Crippen molar-refractivity contribution in [3.8, 4) is 0 Å². The third kappa shape index (κ3) is 4.82. The van der Waals surface area contributed by atoms with E-state index in [1.165, 1.54) is 18.3 Å². The molecular formula is C25H31FN8O. The van der Waals surface area contributed by atoms with Crippen molar-refractivity contribution in [1.82, 2.24) is 25.1 Å². The topological polar surface area (TPSA) is 112 Å². The van der Waals surface area contributed by atoms with Crippen LogP contribution in [0.25, 0.3) is 0 Å². The maximum absolute atomic E-state index is 13.1. The smallest absolute Gasteiger partial charge is 0.247 e. The number of rotatable bonds is 6. The number of hydrogen-bond donors (Lipinski definition) is 3. The van der Waals surface area contributed by atoms with Gasteiger partial charge < -0.3 is 15.5 Å². The predicted octanol–water partition coefficient (Wildman–Crippen LogP) is 4.33. The molecule has 9 nitrogen and oxygen atoms in total. The molecule has 1 atom stereocenters. The number of nitrogens with zero attached hydrogens (tertiary/aromatic N) is 5. The molecule has 3 aromatic heterocycles. The largest absolute Gasteiger partial charge is 0.329 e. The second kappa shape index (κ2) is 8.90. The molecule has 4 heterocycles. The fourth-order valence-corrected chi connectivity index (χ4v) is 4.85. The monoisotopic (exact) mass is 478 g/mol. The summed E-state index contributed by atoms with van der Waals surface area (Å²) in [6, 6.07) is 4.32. The second-order valence-electron chi connectivity index (χ2n) is 10.5. The summed E-state index contributed by atoms with van der Waals surface area (Å²) in [5.41, 5.74) is 3.64. The van der Waals surface area contributed by atoms with E-state index in [1.807, 2.05) is 11.0 Å². The van der Waals surface area contributed by atoms with Crippen LogP contribution >= 0.6 is 0 Å². The second-order valence-corrected chi connectivity index (χ2v) is 10.5. The lowest BCUT2D eigenvalue weighted by molar-refractivity contribution is -0.117. The van der Waals surface area contributed by atoms with Gasteiger partial charge in [0, 0.05) is 18.2 Å². The van der Waals surface area contributed by atoms with Crippen LogP contribution in [0.3, 0.4) is 0 Å². The predicted molar refractivity (Wildman–Crippen MR) is 132 cm³/mol. The van der Waals surface area contributed by atoms with Gasteiger partial charge >= 0.3 is 0 Å². The summed E-state index contributed by atoms with van der Waals surface area (Å²) in [5.74, 6) is 1.63. The highest BCUT2D eigenvalue weighted by molar-refractivity contribution is 5.96. The summed E-state index contributed by atoms with van der Waals surface area (Å²) in [7, 11) is 0. The van der Waals surface area contributed by atoms with Crippen LogP contribution < -0.4 is 15.5 Å². The summed E-state index contributed by atoms with van der Waals surface area (Å²) in [5, 5.41) is 13.7. The molecule has 3 N–H and O–H groups in total. The van der Waals surface area contributed by atoms with Crippen molar-refractivity contribution >= 4 is 29.2 Å². The van der Waals surface area contributed by atoms with Gasteiger partial charge in [-0.05, 0) is 49.1 Å². The van der Waals surface area contributed by atoms with Crippen molar-refractivity contribution in [3.05, 3.63) is 47.3 Å². The number of carbonyl (C=O) groups is 1. The number of nitrogens with one attached hydrogen (secondary N) is 3. The van der Waals surface area contributed by atoms with Crippen LogP contribution in [0.2, 0.25) is 0 Å². The molecule has 1 aliphatic heterocycles. The highest BCUT2D eigenvalue weighted by Gasteiger charge is 2.37. The number of aromatic amines is 1. The molecule has 1 aliphatic carbocycles. The number of anilines is 4. The summed E-state index contributed by atoms with van der Waals surface area (Å²) in [6.45, 7) is 9.35. The van der Waals surface area contributed by atoms with Crippen LogP contribution in [0.1, 0.15) is 63.4 Å². The molecule has 0 bridgehead atoms. The first kappa shape index (κ1) is 23.2. The van der Waals surface area contributed by atoms with Crippen molar-refractivity contribution in [1.29, 1.82) is 0 Å². The van der Waals surface area contributed by atoms with Crippen molar-refractivity contribution < 1.29 is 9.18 Å². The van der Waals surface area contributed by atoms with Gasteiger partial charge in [-0.2, -0.15) is 14.5 Å². The maximum Gasteiger partial charge on any atom is 0.247 e. The highest BCUT2D eigenvalue weighted by atomic mass is 19.1. The van der Waals surface area contributed by atoms with Gasteiger partial charge in [0.25, 0.3) is 0 Å². The Labute approximate surface area is 204 Å². The third-order valence-electron chi connectivity index (χ3n) is 6.63. The average molecular weight is 479 g/mol. The average Bonchev–Trinajstić information content (AvgIpc) is 3.52. The SMILES string of the molecule is CC(C)c1cc(Nc2nc(N3CCC[C@H]3C(=O)Nc3ccc(F)nc3)nc3c2CC(C)(C)C3)[nH]n1. The maximum atomic E-state index is 13.1. The van der Waals surface area contributed by atoms with Gasteiger partial charge in [-0.25, -0.2) is 9.97 Å².